The molecule has 2 amide bonds. The Hall–Kier alpha value is -2.14. The third-order valence-corrected chi connectivity index (χ3v) is 4.07. The van der Waals surface area contributed by atoms with Gasteiger partial charge < -0.3 is 10.6 Å². The van der Waals surface area contributed by atoms with E-state index in [1.165, 1.54) is 0 Å². The highest BCUT2D eigenvalue weighted by Crippen LogP contribution is 2.20. The summed E-state index contributed by atoms with van der Waals surface area (Å²) in [6, 6.07) is 12.9. The highest BCUT2D eigenvalue weighted by Gasteiger charge is 2.11. The van der Waals surface area contributed by atoms with Crippen molar-refractivity contribution in [3.63, 3.8) is 0 Å². The van der Waals surface area contributed by atoms with Crippen LogP contribution in [0.3, 0.4) is 0 Å². The second-order valence-corrected chi connectivity index (χ2v) is 5.91. The molecule has 5 heteroatoms. The molecule has 0 atom stereocenters. The van der Waals surface area contributed by atoms with Gasteiger partial charge in [-0.25, -0.2) is 0 Å². The number of benzene rings is 2. The number of nitrogens with one attached hydrogen (secondary N) is 2. The Labute approximate surface area is 138 Å². The topological polar surface area (TPSA) is 58.2 Å². The molecule has 0 radical (unpaired) electrons. The lowest BCUT2D eigenvalue weighted by molar-refractivity contribution is -0.123. The van der Waals surface area contributed by atoms with E-state index in [1.807, 2.05) is 50.2 Å². The second kappa shape index (κ2) is 7.22. The lowest BCUT2D eigenvalue weighted by Gasteiger charge is -2.09. The van der Waals surface area contributed by atoms with Crippen molar-refractivity contribution in [1.82, 2.24) is 0 Å². The van der Waals surface area contributed by atoms with Crippen LogP contribution in [0.1, 0.15) is 17.5 Å². The number of carbonyl (C=O) groups excluding carboxylic acids is 2. The summed E-state index contributed by atoms with van der Waals surface area (Å²) in [5.41, 5.74) is 3.37. The molecule has 0 aromatic heterocycles. The van der Waals surface area contributed by atoms with E-state index in [4.69, 9.17) is 0 Å². The summed E-state index contributed by atoms with van der Waals surface area (Å²) >= 11 is 3.40. The summed E-state index contributed by atoms with van der Waals surface area (Å²) in [5.74, 6) is -0.673. The van der Waals surface area contributed by atoms with E-state index in [1.54, 1.807) is 6.07 Å². The Kier molecular flexibility index (Phi) is 5.33. The van der Waals surface area contributed by atoms with Crippen LogP contribution in [0.4, 0.5) is 11.4 Å². The van der Waals surface area contributed by atoms with E-state index in [2.05, 4.69) is 26.6 Å². The maximum Gasteiger partial charge on any atom is 0.233 e. The van der Waals surface area contributed by atoms with Crippen LogP contribution in [0.25, 0.3) is 0 Å². The van der Waals surface area contributed by atoms with Crippen LogP contribution in [-0.2, 0) is 9.59 Å². The number of rotatable bonds is 4. The van der Waals surface area contributed by atoms with Gasteiger partial charge in [-0.05, 0) is 49.2 Å². The number of anilines is 2. The molecule has 0 aliphatic heterocycles. The molecular weight excluding hydrogens is 344 g/mol. The van der Waals surface area contributed by atoms with Gasteiger partial charge in [-0.15, -0.1) is 0 Å². The molecule has 2 aromatic carbocycles. The number of para-hydroxylation sites is 1. The van der Waals surface area contributed by atoms with Gasteiger partial charge in [0.1, 0.15) is 6.42 Å². The minimum atomic E-state index is -0.340. The average Bonchev–Trinajstić information content (AvgIpc) is 2.45. The summed E-state index contributed by atoms with van der Waals surface area (Å²) in [6.07, 6.45) is -0.219. The Morgan fingerprint density at radius 3 is 2.32 bits per heavy atom. The van der Waals surface area contributed by atoms with Crippen molar-refractivity contribution in [3.8, 4) is 0 Å². The molecule has 2 N–H and O–H groups in total. The van der Waals surface area contributed by atoms with Crippen LogP contribution in [0.15, 0.2) is 46.9 Å². The molecule has 0 unspecified atom stereocenters. The average molecular weight is 361 g/mol. The molecule has 0 spiro atoms. The van der Waals surface area contributed by atoms with Crippen molar-refractivity contribution in [2.75, 3.05) is 10.6 Å². The summed E-state index contributed by atoms with van der Waals surface area (Å²) in [7, 11) is 0. The first-order valence-electron chi connectivity index (χ1n) is 6.87. The van der Waals surface area contributed by atoms with Gasteiger partial charge in [0, 0.05) is 15.8 Å². The van der Waals surface area contributed by atoms with Gasteiger partial charge in [0.15, 0.2) is 0 Å². The van der Waals surface area contributed by atoms with E-state index in [0.29, 0.717) is 5.69 Å². The number of carbonyl (C=O) groups is 2. The number of hydrogen-bond acceptors (Lipinski definition) is 2. The first kappa shape index (κ1) is 16.2. The van der Waals surface area contributed by atoms with E-state index >= 15 is 0 Å². The lowest BCUT2D eigenvalue weighted by atomic mass is 10.2. The summed E-state index contributed by atoms with van der Waals surface area (Å²) < 4.78 is 0.975. The third-order valence-electron chi connectivity index (χ3n) is 3.18. The first-order valence-corrected chi connectivity index (χ1v) is 7.66. The van der Waals surface area contributed by atoms with Crippen LogP contribution in [0.5, 0.6) is 0 Å². The smallest absolute Gasteiger partial charge is 0.233 e. The van der Waals surface area contributed by atoms with Crippen LogP contribution in [-0.4, -0.2) is 11.8 Å². The van der Waals surface area contributed by atoms with Gasteiger partial charge in [-0.1, -0.05) is 34.1 Å². The van der Waals surface area contributed by atoms with Gasteiger partial charge in [0.25, 0.3) is 0 Å². The standard InChI is InChI=1S/C17H17BrN2O2/c1-11-5-3-4-6-15(11)20-17(22)10-16(21)19-13-7-8-14(18)12(2)9-13/h3-9H,10H2,1-2H3,(H,19,21)(H,20,22). The Balaban J connectivity index is 1.92. The molecule has 22 heavy (non-hydrogen) atoms. The molecule has 0 saturated carbocycles. The molecule has 0 aliphatic carbocycles. The van der Waals surface area contributed by atoms with Gasteiger partial charge >= 0.3 is 0 Å². The zero-order valence-corrected chi connectivity index (χ0v) is 14.0. The minimum absolute atomic E-state index is 0.219. The number of halogens is 1. The maximum absolute atomic E-state index is 11.9. The monoisotopic (exact) mass is 360 g/mol. The fourth-order valence-corrected chi connectivity index (χ4v) is 2.23. The molecule has 0 aliphatic rings. The summed E-state index contributed by atoms with van der Waals surface area (Å²) in [6.45, 7) is 3.84. The van der Waals surface area contributed by atoms with Crippen molar-refractivity contribution in [2.45, 2.75) is 20.3 Å². The van der Waals surface area contributed by atoms with Crippen LogP contribution >= 0.6 is 15.9 Å². The largest absolute Gasteiger partial charge is 0.326 e. The van der Waals surface area contributed by atoms with Crippen LogP contribution in [0, 0.1) is 13.8 Å². The number of aryl methyl sites for hydroxylation is 2. The Morgan fingerprint density at radius 1 is 0.955 bits per heavy atom. The summed E-state index contributed by atoms with van der Waals surface area (Å²) in [5, 5.41) is 5.46. The van der Waals surface area contributed by atoms with Gasteiger partial charge in [0.2, 0.25) is 11.8 Å². The van der Waals surface area contributed by atoms with Crippen molar-refractivity contribution in [2.24, 2.45) is 0 Å². The van der Waals surface area contributed by atoms with Gasteiger partial charge in [-0.2, -0.15) is 0 Å². The minimum Gasteiger partial charge on any atom is -0.326 e. The van der Waals surface area contributed by atoms with E-state index in [9.17, 15) is 9.59 Å². The Morgan fingerprint density at radius 2 is 1.64 bits per heavy atom. The Bertz CT molecular complexity index is 714. The van der Waals surface area contributed by atoms with Crippen molar-refractivity contribution < 1.29 is 9.59 Å². The summed E-state index contributed by atoms with van der Waals surface area (Å²) in [4.78, 5) is 23.8. The third kappa shape index (κ3) is 4.43. The fraction of sp³-hybridized carbons (Fsp3) is 0.176. The van der Waals surface area contributed by atoms with Gasteiger partial charge in [-0.3, -0.25) is 9.59 Å². The zero-order valence-electron chi connectivity index (χ0n) is 12.4. The molecule has 114 valence electrons. The van der Waals surface area contributed by atoms with Gasteiger partial charge in [0.05, 0.1) is 0 Å². The van der Waals surface area contributed by atoms with E-state index < -0.39 is 0 Å². The highest BCUT2D eigenvalue weighted by molar-refractivity contribution is 9.10. The van der Waals surface area contributed by atoms with Crippen molar-refractivity contribution >= 4 is 39.1 Å². The van der Waals surface area contributed by atoms with E-state index in [-0.39, 0.29) is 18.2 Å². The highest BCUT2D eigenvalue weighted by atomic mass is 79.9. The first-order chi connectivity index (χ1) is 10.5. The molecule has 0 bridgehead atoms. The SMILES string of the molecule is Cc1cc(NC(=O)CC(=O)Nc2ccccc2C)ccc1Br. The molecule has 4 nitrogen and oxygen atoms in total. The molecule has 0 saturated heterocycles. The molecule has 2 rings (SSSR count). The zero-order chi connectivity index (χ0) is 16.1. The molecule has 2 aromatic rings. The fourth-order valence-electron chi connectivity index (χ4n) is 1.98. The second-order valence-electron chi connectivity index (χ2n) is 5.05. The van der Waals surface area contributed by atoms with E-state index in [0.717, 1.165) is 21.3 Å². The quantitative estimate of drug-likeness (QED) is 0.808. The normalized spacial score (nSPS) is 10.1. The van der Waals surface area contributed by atoms with Crippen LogP contribution < -0.4 is 10.6 Å². The lowest BCUT2D eigenvalue weighted by Crippen LogP contribution is -2.21. The molecule has 0 heterocycles. The predicted octanol–water partition coefficient (Wildman–Crippen LogP) is 4.03. The number of hydrogen-bond donors (Lipinski definition) is 2. The predicted molar refractivity (Wildman–Crippen MR) is 91.9 cm³/mol. The van der Waals surface area contributed by atoms with Crippen LogP contribution in [0.2, 0.25) is 0 Å². The van der Waals surface area contributed by atoms with Crippen molar-refractivity contribution in [1.29, 1.82) is 0 Å². The molecule has 0 fully saturated rings. The molecular formula is C17H17BrN2O2. The maximum atomic E-state index is 11.9. The number of amides is 2. The van der Waals surface area contributed by atoms with Crippen molar-refractivity contribution in [3.05, 3.63) is 58.1 Å².